The van der Waals surface area contributed by atoms with Gasteiger partial charge in [-0.05, 0) is 211 Å². The molecule has 7 rings (SSSR count). The molecule has 572 valence electrons. The van der Waals surface area contributed by atoms with E-state index in [2.05, 4.69) is 141 Å². The van der Waals surface area contributed by atoms with E-state index < -0.39 is 35.9 Å². The molecule has 0 bridgehead atoms. The van der Waals surface area contributed by atoms with Crippen molar-refractivity contribution in [3.63, 3.8) is 0 Å². The van der Waals surface area contributed by atoms with Crippen molar-refractivity contribution in [3.05, 3.63) is 96.1 Å². The molecular formula is C78H132ClN11O11. The van der Waals surface area contributed by atoms with Crippen LogP contribution in [0.2, 0.25) is 0 Å². The fourth-order valence-corrected chi connectivity index (χ4v) is 11.8. The molecule has 22 nitrogen and oxygen atoms in total. The molecule has 0 radical (unpaired) electrons. The van der Waals surface area contributed by atoms with Gasteiger partial charge < -0.3 is 56.0 Å². The molecule has 0 unspecified atom stereocenters. The summed E-state index contributed by atoms with van der Waals surface area (Å²) in [7, 11) is 4.12. The maximum Gasteiger partial charge on any atom is 0.408 e. The first-order chi connectivity index (χ1) is 47.2. The summed E-state index contributed by atoms with van der Waals surface area (Å²) in [5, 5.41) is 31.8. The minimum Gasteiger partial charge on any atom is -0.480 e. The number of nitrogens with two attached hydrogens (primary N) is 1. The van der Waals surface area contributed by atoms with Crippen molar-refractivity contribution in [1.82, 2.24) is 40.9 Å². The minimum atomic E-state index is -1.10. The summed E-state index contributed by atoms with van der Waals surface area (Å²) in [5.41, 5.74) is 8.43. The normalized spacial score (nSPS) is 18.2. The first-order valence-corrected chi connectivity index (χ1v) is 36.6. The van der Waals surface area contributed by atoms with E-state index in [0.717, 1.165) is 80.9 Å². The lowest BCUT2D eigenvalue weighted by molar-refractivity contribution is -0.136. The maximum atomic E-state index is 13.2. The molecule has 0 spiro atoms. The monoisotopic (exact) mass is 1430 g/mol. The number of carbonyl (C=O) groups is 6. The van der Waals surface area contributed by atoms with Crippen molar-refractivity contribution in [3.8, 4) is 0 Å². The number of amides is 3. The van der Waals surface area contributed by atoms with E-state index >= 15 is 0 Å². The Labute approximate surface area is 612 Å². The van der Waals surface area contributed by atoms with Crippen LogP contribution in [0.1, 0.15) is 217 Å². The quantitative estimate of drug-likeness (QED) is 0.0204. The molecule has 2 heterocycles. The first kappa shape index (κ1) is 94.2. The number of benzene rings is 3. The summed E-state index contributed by atoms with van der Waals surface area (Å²) in [6.07, 6.45) is 11.5. The molecule has 2 saturated carbocycles. The Balaban J connectivity index is 0.00000126. The van der Waals surface area contributed by atoms with Crippen LogP contribution in [0.5, 0.6) is 0 Å². The zero-order valence-electron chi connectivity index (χ0n) is 64.8. The number of aliphatic carboxylic acids is 1. The molecule has 1 aliphatic heterocycles. The third-order valence-electron chi connectivity index (χ3n) is 17.3. The van der Waals surface area contributed by atoms with Gasteiger partial charge in [-0.3, -0.25) is 19.2 Å². The lowest BCUT2D eigenvalue weighted by Crippen LogP contribution is -2.41. The van der Waals surface area contributed by atoms with E-state index in [0.29, 0.717) is 77.4 Å². The summed E-state index contributed by atoms with van der Waals surface area (Å²) in [6.45, 7) is 40.1. The number of Topliss-reactive ketones (excluding diaryl/α,β-unsaturated/α-hetero) is 2. The number of hydrogen-bond acceptors (Lipinski definition) is 17. The highest BCUT2D eigenvalue weighted by atomic mass is 35.5. The Kier molecular flexibility index (Phi) is 49.5. The third-order valence-corrected chi connectivity index (χ3v) is 17.3. The molecular weight excluding hydrogens is 1300 g/mol. The van der Waals surface area contributed by atoms with E-state index in [4.69, 9.17) is 30.3 Å². The van der Waals surface area contributed by atoms with Crippen molar-refractivity contribution in [1.29, 1.82) is 0 Å². The van der Waals surface area contributed by atoms with Crippen LogP contribution in [0.3, 0.4) is 0 Å². The van der Waals surface area contributed by atoms with Crippen molar-refractivity contribution in [2.24, 2.45) is 63.1 Å². The van der Waals surface area contributed by atoms with Crippen LogP contribution in [0.15, 0.2) is 94.9 Å². The second-order valence-electron chi connectivity index (χ2n) is 29.0. The predicted octanol–water partition coefficient (Wildman–Crippen LogP) is 15.1. The Morgan fingerprint density at radius 2 is 1.15 bits per heavy atom. The summed E-state index contributed by atoms with van der Waals surface area (Å²) in [4.78, 5) is 84.3. The molecule has 3 aromatic carbocycles. The predicted molar refractivity (Wildman–Crippen MR) is 409 cm³/mol. The molecule has 7 N–H and O–H groups in total. The number of aliphatic imine (C=N–C) groups is 2. The Morgan fingerprint density at radius 3 is 1.56 bits per heavy atom. The molecule has 3 amide bonds. The van der Waals surface area contributed by atoms with E-state index in [1.807, 2.05) is 67.6 Å². The highest BCUT2D eigenvalue weighted by Crippen LogP contribution is 2.41. The number of nitrogens with zero attached hydrogens (tertiary/aromatic N) is 7. The number of nitrogens with one attached hydrogen (secondary N) is 3. The van der Waals surface area contributed by atoms with E-state index in [9.17, 15) is 28.8 Å². The van der Waals surface area contributed by atoms with Crippen LogP contribution >= 0.6 is 12.4 Å². The molecule has 2 aliphatic carbocycles. The second-order valence-corrected chi connectivity index (χ2v) is 29.0. The van der Waals surface area contributed by atoms with Crippen LogP contribution in [0, 0.1) is 47.3 Å². The lowest BCUT2D eigenvalue weighted by atomic mass is 9.68. The van der Waals surface area contributed by atoms with Crippen molar-refractivity contribution < 1.29 is 53.3 Å². The highest BCUT2D eigenvalue weighted by Gasteiger charge is 2.37. The van der Waals surface area contributed by atoms with Crippen LogP contribution in [0.25, 0.3) is 11.0 Å². The Hall–Kier alpha value is -6.81. The zero-order valence-corrected chi connectivity index (χ0v) is 65.6. The van der Waals surface area contributed by atoms with Crippen LogP contribution in [0.4, 0.5) is 9.59 Å². The van der Waals surface area contributed by atoms with Gasteiger partial charge in [0, 0.05) is 50.5 Å². The number of carboxylic acids is 1. The number of hydrogen-bond donors (Lipinski definition) is 6. The average molecular weight is 1440 g/mol. The van der Waals surface area contributed by atoms with Crippen molar-refractivity contribution in [2.75, 3.05) is 79.7 Å². The molecule has 23 heteroatoms. The Bertz CT molecular complexity index is 2930. The van der Waals surface area contributed by atoms with E-state index in [-0.39, 0.29) is 48.8 Å². The topological polar surface area (TPSA) is 295 Å². The third kappa shape index (κ3) is 44.3. The first-order valence-electron chi connectivity index (χ1n) is 36.6. The number of fused-ring (bicyclic) bond motifs is 1. The number of alkyl carbamates (subject to hydrolysis) is 2. The number of ether oxygens (including phenoxy) is 3. The molecule has 101 heavy (non-hydrogen) atoms. The summed E-state index contributed by atoms with van der Waals surface area (Å²) >= 11 is 0. The van der Waals surface area contributed by atoms with Gasteiger partial charge in [-0.1, -0.05) is 153 Å². The lowest BCUT2D eigenvalue weighted by Gasteiger charge is -2.36. The maximum absolute atomic E-state index is 13.2. The number of carbonyl (C=O) groups excluding carboxylic acids is 5. The van der Waals surface area contributed by atoms with Crippen molar-refractivity contribution >= 4 is 65.1 Å². The molecule has 3 aliphatic rings. The number of carboxylic acid groups (broad SMARTS) is 1. The summed E-state index contributed by atoms with van der Waals surface area (Å²) < 4.78 is 14.9. The fourth-order valence-electron chi connectivity index (χ4n) is 11.8. The molecule has 4 aromatic rings. The fraction of sp³-hybridized carbons (Fsp3) is 0.679. The van der Waals surface area contributed by atoms with Gasteiger partial charge in [-0.25, -0.2) is 19.6 Å². The highest BCUT2D eigenvalue weighted by molar-refractivity contribution is 5.85. The zero-order chi connectivity index (χ0) is 75.2. The summed E-state index contributed by atoms with van der Waals surface area (Å²) in [6, 6.07) is 29.3. The minimum absolute atomic E-state index is 0. The Morgan fingerprint density at radius 1 is 0.683 bits per heavy atom. The molecule has 1 saturated heterocycles. The number of rotatable bonds is 25. The number of para-hydroxylation sites is 1. The van der Waals surface area contributed by atoms with Crippen molar-refractivity contribution in [2.45, 2.75) is 218 Å². The number of aromatic nitrogens is 3. The van der Waals surface area contributed by atoms with Gasteiger partial charge in [0.15, 0.2) is 0 Å². The van der Waals surface area contributed by atoms with Crippen LogP contribution in [-0.4, -0.2) is 168 Å². The van der Waals surface area contributed by atoms with Gasteiger partial charge >= 0.3 is 18.2 Å². The second kappa shape index (κ2) is 53.0. The molecule has 1 aromatic heterocycles. The van der Waals surface area contributed by atoms with E-state index in [1.165, 1.54) is 51.7 Å². The van der Waals surface area contributed by atoms with E-state index in [1.54, 1.807) is 53.7 Å². The number of ketones is 2. The smallest absolute Gasteiger partial charge is 0.408 e. The largest absolute Gasteiger partial charge is 0.480 e. The van der Waals surface area contributed by atoms with Crippen LogP contribution in [-0.2, 0) is 33.4 Å². The molecule has 8 atom stereocenters. The standard InChI is InChI=1S/C27H42N2O4.C20H31NO.C8H17N3.C7H13NO4.C6H5N3O.C6H15N.C4H8O.ClH/c1-18(2)21-13-12-19(3)16-22(21)24(30)15-14-23(20-10-8-7-9-11-20)29-25(31)17-28-26(32)33-27(4,5)6;1-14(2)17-10-9-15(3)13-18(17)20(22)12-11-19(21)16-7-5-4-6-8-16;1-4-9-8-10-6-5-7-11(2)3;1-7(2,3)12-6(11)8-4-5(9)10;10-9-6-4-2-1-3-5(6)7-8-9;1-4-7(5-2)6-3;1-2-4-5-3-1;/h7-11,18-19,21-23H,12-17H2,1-6H3,(H,28,32)(H,29,31);4-8,14-15,17-19H,9-13,21H2,1-3H3;4-7H2,1-3H3;4H2,1-3H3,(H,8,11)(H,9,10);1-4,10H;4-6H2,1-3H3;1-4H2;1H/t19-,21+,22-,23-;15-,17+,18-,19-;;;;;;/m11....../s1. The van der Waals surface area contributed by atoms with Gasteiger partial charge in [0.2, 0.25) is 5.91 Å². The van der Waals surface area contributed by atoms with Gasteiger partial charge in [-0.2, -0.15) is 0 Å². The number of halogens is 1. The average Bonchev–Trinajstić information content (AvgIpc) is 1.22. The van der Waals surface area contributed by atoms with Gasteiger partial charge in [-0.15, -0.1) is 17.5 Å². The SMILES string of the molecule is C1CCOC1.CC(C)(C)OC(=O)NCC(=O)O.CC(C)[C@@H]1CC[C@@H](C)C[C@H]1C(=O)CC[C@@H](N)c1ccccc1.CC(C)[C@@H]1CC[C@@H](C)C[C@H]1C(=O)CC[C@@H](NC(=O)CNC(=O)OC(C)(C)C)c1ccccc1.CCN(CC)CC.CCN=C=NCCCN(C)C.Cl.On1nnc2ccccc21. The van der Waals surface area contributed by atoms with Crippen LogP contribution < -0.4 is 21.7 Å². The molecule has 3 fully saturated rings. The summed E-state index contributed by atoms with van der Waals surface area (Å²) in [5.74, 6) is 3.08. The van der Waals surface area contributed by atoms with Gasteiger partial charge in [0.25, 0.3) is 0 Å². The van der Waals surface area contributed by atoms with Gasteiger partial charge in [0.05, 0.1) is 18.6 Å². The van der Waals surface area contributed by atoms with Gasteiger partial charge in [0.1, 0.15) is 46.9 Å².